The Labute approximate surface area is 189 Å². The van der Waals surface area contributed by atoms with Crippen LogP contribution in [0, 0.1) is 0 Å². The minimum Gasteiger partial charge on any atom is -0.493 e. The van der Waals surface area contributed by atoms with Gasteiger partial charge in [0, 0.05) is 18.5 Å². The van der Waals surface area contributed by atoms with Gasteiger partial charge in [-0.2, -0.15) is 0 Å². The zero-order chi connectivity index (χ0) is 23.4. The smallest absolute Gasteiger partial charge is 0.217 e. The Kier molecular flexibility index (Phi) is 7.28. The summed E-state index contributed by atoms with van der Waals surface area (Å²) < 4.78 is 17.0. The molecule has 2 aromatic carbocycles. The monoisotopic (exact) mass is 440 g/mol. The lowest BCUT2D eigenvalue weighted by molar-refractivity contribution is -0.119. The van der Waals surface area contributed by atoms with Gasteiger partial charge in [-0.1, -0.05) is 6.07 Å². The predicted molar refractivity (Wildman–Crippen MR) is 126 cm³/mol. The highest BCUT2D eigenvalue weighted by Gasteiger charge is 2.28. The Bertz CT molecular complexity index is 1060. The SMILES string of the molecule is COc1cc2c(c(OC)c1OC)-c1ccc(NC(C)C)c(=O)cc1C(NC(C)=O)CCC2. The maximum absolute atomic E-state index is 13.1. The van der Waals surface area contributed by atoms with E-state index in [1.807, 2.05) is 26.0 Å². The molecule has 0 radical (unpaired) electrons. The van der Waals surface area contributed by atoms with E-state index < -0.39 is 0 Å². The quantitative estimate of drug-likeness (QED) is 0.704. The van der Waals surface area contributed by atoms with Gasteiger partial charge in [-0.3, -0.25) is 9.59 Å². The van der Waals surface area contributed by atoms with Crippen molar-refractivity contribution in [3.05, 3.63) is 45.6 Å². The van der Waals surface area contributed by atoms with E-state index in [2.05, 4.69) is 10.6 Å². The topological polar surface area (TPSA) is 85.9 Å². The zero-order valence-electron chi connectivity index (χ0n) is 19.6. The molecule has 0 fully saturated rings. The molecule has 0 heterocycles. The van der Waals surface area contributed by atoms with Crippen LogP contribution in [0.4, 0.5) is 5.69 Å². The third-order valence-corrected chi connectivity index (χ3v) is 5.60. The standard InChI is InChI=1S/C25H32N2O5/c1-14(2)26-20-11-10-17-18(13-21(20)29)19(27-15(3)28)9-7-8-16-12-22(30-4)24(31-5)25(32-6)23(16)17/h10-14,19H,7-9H2,1-6H3,(H,26,29)(H,27,28). The fourth-order valence-corrected chi connectivity index (χ4v) is 4.33. The van der Waals surface area contributed by atoms with Crippen molar-refractivity contribution in [1.82, 2.24) is 5.32 Å². The van der Waals surface area contributed by atoms with Crippen LogP contribution in [0.1, 0.15) is 50.8 Å². The van der Waals surface area contributed by atoms with Gasteiger partial charge in [-0.15, -0.1) is 0 Å². The summed E-state index contributed by atoms with van der Waals surface area (Å²) in [7, 11) is 4.76. The minimum absolute atomic E-state index is 0.102. The molecule has 1 aliphatic rings. The van der Waals surface area contributed by atoms with Crippen LogP contribution in [0.15, 0.2) is 29.1 Å². The number of aryl methyl sites for hydroxylation is 1. The Morgan fingerprint density at radius 2 is 1.78 bits per heavy atom. The third-order valence-electron chi connectivity index (χ3n) is 5.60. The highest BCUT2D eigenvalue weighted by atomic mass is 16.5. The molecule has 1 atom stereocenters. The van der Waals surface area contributed by atoms with E-state index in [9.17, 15) is 9.59 Å². The van der Waals surface area contributed by atoms with Crippen LogP contribution in [0.5, 0.6) is 17.2 Å². The molecule has 0 aromatic heterocycles. The van der Waals surface area contributed by atoms with Crippen molar-refractivity contribution in [1.29, 1.82) is 0 Å². The first-order chi connectivity index (χ1) is 15.3. The largest absolute Gasteiger partial charge is 0.493 e. The second-order valence-electron chi connectivity index (χ2n) is 8.25. The fraction of sp³-hybridized carbons (Fsp3) is 0.440. The summed E-state index contributed by atoms with van der Waals surface area (Å²) in [5.41, 5.74) is 3.85. The van der Waals surface area contributed by atoms with Gasteiger partial charge in [-0.25, -0.2) is 0 Å². The van der Waals surface area contributed by atoms with Gasteiger partial charge < -0.3 is 24.8 Å². The van der Waals surface area contributed by atoms with Crippen molar-refractivity contribution < 1.29 is 19.0 Å². The maximum Gasteiger partial charge on any atom is 0.217 e. The van der Waals surface area contributed by atoms with Gasteiger partial charge in [0.15, 0.2) is 11.5 Å². The van der Waals surface area contributed by atoms with Gasteiger partial charge in [0.2, 0.25) is 17.1 Å². The summed E-state index contributed by atoms with van der Waals surface area (Å²) in [6, 6.07) is 7.14. The van der Waals surface area contributed by atoms with Crippen LogP contribution in [0.25, 0.3) is 11.1 Å². The molecule has 0 spiro atoms. The predicted octanol–water partition coefficient (Wildman–Crippen LogP) is 4.07. The Hall–Kier alpha value is -3.22. The zero-order valence-corrected chi connectivity index (χ0v) is 19.6. The minimum atomic E-state index is -0.291. The number of rotatable bonds is 6. The molecule has 32 heavy (non-hydrogen) atoms. The molecular formula is C25H32N2O5. The molecular weight excluding hydrogens is 408 g/mol. The molecule has 1 aliphatic carbocycles. The summed E-state index contributed by atoms with van der Waals surface area (Å²) >= 11 is 0. The Morgan fingerprint density at radius 3 is 2.38 bits per heavy atom. The van der Waals surface area contributed by atoms with Gasteiger partial charge in [-0.05, 0) is 68.0 Å². The molecule has 7 nitrogen and oxygen atoms in total. The van der Waals surface area contributed by atoms with Crippen molar-refractivity contribution in [2.24, 2.45) is 0 Å². The van der Waals surface area contributed by atoms with Crippen LogP contribution >= 0.6 is 0 Å². The molecule has 3 rings (SSSR count). The Balaban J connectivity index is 2.41. The lowest BCUT2D eigenvalue weighted by Gasteiger charge is -2.27. The van der Waals surface area contributed by atoms with Crippen LogP contribution < -0.4 is 30.3 Å². The number of hydrogen-bond donors (Lipinski definition) is 2. The summed E-state index contributed by atoms with van der Waals surface area (Å²) in [5, 5.41) is 6.25. The lowest BCUT2D eigenvalue weighted by atomic mass is 9.85. The number of anilines is 1. The van der Waals surface area contributed by atoms with Gasteiger partial charge >= 0.3 is 0 Å². The highest BCUT2D eigenvalue weighted by Crippen LogP contribution is 2.49. The molecule has 0 aliphatic heterocycles. The number of fused-ring (bicyclic) bond motifs is 3. The maximum atomic E-state index is 13.1. The van der Waals surface area contributed by atoms with Crippen molar-refractivity contribution in [2.75, 3.05) is 26.6 Å². The number of hydrogen-bond acceptors (Lipinski definition) is 6. The second-order valence-corrected chi connectivity index (χ2v) is 8.25. The molecule has 2 N–H and O–H groups in total. The average molecular weight is 441 g/mol. The van der Waals surface area contributed by atoms with Gasteiger partial charge in [0.1, 0.15) is 0 Å². The molecule has 2 aromatic rings. The number of nitrogens with one attached hydrogen (secondary N) is 2. The van der Waals surface area contributed by atoms with E-state index >= 15 is 0 Å². The van der Waals surface area contributed by atoms with E-state index in [4.69, 9.17) is 14.2 Å². The summed E-state index contributed by atoms with van der Waals surface area (Å²) in [5.74, 6) is 1.49. The highest BCUT2D eigenvalue weighted by molar-refractivity contribution is 5.83. The first kappa shape index (κ1) is 23.4. The molecule has 0 bridgehead atoms. The summed E-state index contributed by atoms with van der Waals surface area (Å²) in [6.45, 7) is 5.46. The molecule has 7 heteroatoms. The van der Waals surface area contributed by atoms with E-state index in [1.54, 1.807) is 33.5 Å². The number of methoxy groups -OCH3 is 3. The number of carbonyl (C=O) groups is 1. The molecule has 172 valence electrons. The van der Waals surface area contributed by atoms with E-state index in [-0.39, 0.29) is 23.4 Å². The van der Waals surface area contributed by atoms with Crippen molar-refractivity contribution in [2.45, 2.75) is 52.1 Å². The van der Waals surface area contributed by atoms with Crippen molar-refractivity contribution in [3.63, 3.8) is 0 Å². The van der Waals surface area contributed by atoms with Crippen LogP contribution in [-0.2, 0) is 11.2 Å². The number of benzene rings is 1. The third kappa shape index (κ3) is 4.66. The van der Waals surface area contributed by atoms with E-state index in [0.29, 0.717) is 29.4 Å². The fourth-order valence-electron chi connectivity index (χ4n) is 4.33. The first-order valence-corrected chi connectivity index (χ1v) is 10.8. The molecule has 1 amide bonds. The van der Waals surface area contributed by atoms with Crippen molar-refractivity contribution >= 4 is 11.6 Å². The van der Waals surface area contributed by atoms with Gasteiger partial charge in [0.05, 0.1) is 33.1 Å². The number of ether oxygens (including phenoxy) is 3. The van der Waals surface area contributed by atoms with Gasteiger partial charge in [0.25, 0.3) is 0 Å². The lowest BCUT2D eigenvalue weighted by Crippen LogP contribution is -2.27. The molecule has 1 unspecified atom stereocenters. The number of carbonyl (C=O) groups excluding carboxylic acids is 1. The van der Waals surface area contributed by atoms with Crippen LogP contribution in [-0.4, -0.2) is 33.3 Å². The number of amides is 1. The molecule has 0 saturated carbocycles. The average Bonchev–Trinajstić information content (AvgIpc) is 2.89. The van der Waals surface area contributed by atoms with Crippen molar-refractivity contribution in [3.8, 4) is 28.4 Å². The van der Waals surface area contributed by atoms with E-state index in [1.165, 1.54) is 6.92 Å². The van der Waals surface area contributed by atoms with Crippen LogP contribution in [0.2, 0.25) is 0 Å². The normalized spacial score (nSPS) is 15.0. The first-order valence-electron chi connectivity index (χ1n) is 10.8. The summed E-state index contributed by atoms with van der Waals surface area (Å²) in [4.78, 5) is 25.1. The second kappa shape index (κ2) is 9.94. The van der Waals surface area contributed by atoms with E-state index in [0.717, 1.165) is 35.1 Å². The molecule has 0 saturated heterocycles. The van der Waals surface area contributed by atoms with Crippen LogP contribution in [0.3, 0.4) is 0 Å². The summed E-state index contributed by atoms with van der Waals surface area (Å²) in [6.07, 6.45) is 2.29. The Morgan fingerprint density at radius 1 is 1.06 bits per heavy atom.